The molecule has 0 bridgehead atoms. The smallest absolute Gasteiger partial charge is 0.163 e. The first-order valence-electron chi connectivity index (χ1n) is 6.69. The fraction of sp³-hybridized carbons (Fsp3) is 0.250. The molecule has 0 unspecified atom stereocenters. The van der Waals surface area contributed by atoms with E-state index in [2.05, 4.69) is 5.32 Å². The molecule has 0 radical (unpaired) electrons. The van der Waals surface area contributed by atoms with Crippen LogP contribution in [0.15, 0.2) is 42.5 Å². The van der Waals surface area contributed by atoms with E-state index in [0.29, 0.717) is 19.8 Å². The lowest BCUT2D eigenvalue weighted by Crippen LogP contribution is -2.00. The summed E-state index contributed by atoms with van der Waals surface area (Å²) in [6.45, 7) is 2.00. The van der Waals surface area contributed by atoms with Crippen molar-refractivity contribution in [1.82, 2.24) is 0 Å². The van der Waals surface area contributed by atoms with Gasteiger partial charge in [0.15, 0.2) is 11.5 Å². The van der Waals surface area contributed by atoms with Crippen LogP contribution in [0.4, 0.5) is 10.1 Å². The van der Waals surface area contributed by atoms with Crippen molar-refractivity contribution in [2.45, 2.75) is 13.0 Å². The summed E-state index contributed by atoms with van der Waals surface area (Å²) in [4.78, 5) is 0. The highest BCUT2D eigenvalue weighted by atomic mass is 19.1. The SMILES string of the molecule is Fc1ccc(CNc2ccc3c(c2)OCCCO3)cc1. The van der Waals surface area contributed by atoms with Crippen LogP contribution < -0.4 is 14.8 Å². The van der Waals surface area contributed by atoms with Crippen LogP contribution in [0.3, 0.4) is 0 Å². The molecule has 0 spiro atoms. The highest BCUT2D eigenvalue weighted by molar-refractivity contribution is 5.55. The number of hydrogen-bond donors (Lipinski definition) is 1. The molecular weight excluding hydrogens is 257 g/mol. The van der Waals surface area contributed by atoms with Gasteiger partial charge in [-0.15, -0.1) is 0 Å². The molecule has 1 aliphatic rings. The van der Waals surface area contributed by atoms with Crippen LogP contribution in [-0.2, 0) is 6.54 Å². The minimum Gasteiger partial charge on any atom is -0.490 e. The molecule has 20 heavy (non-hydrogen) atoms. The normalized spacial score (nSPS) is 13.7. The molecule has 0 saturated carbocycles. The molecule has 3 rings (SSSR count). The zero-order valence-corrected chi connectivity index (χ0v) is 11.1. The van der Waals surface area contributed by atoms with Crippen molar-refractivity contribution in [3.05, 3.63) is 53.8 Å². The van der Waals surface area contributed by atoms with Gasteiger partial charge in [-0.3, -0.25) is 0 Å². The van der Waals surface area contributed by atoms with Gasteiger partial charge in [0, 0.05) is 24.7 Å². The molecule has 0 aliphatic carbocycles. The first-order chi connectivity index (χ1) is 9.81. The van der Waals surface area contributed by atoms with Crippen molar-refractivity contribution in [3.8, 4) is 11.5 Å². The molecular formula is C16H16FNO2. The van der Waals surface area contributed by atoms with E-state index < -0.39 is 0 Å². The molecule has 4 heteroatoms. The number of anilines is 1. The third kappa shape index (κ3) is 3.02. The monoisotopic (exact) mass is 273 g/mol. The Morgan fingerprint density at radius 2 is 1.70 bits per heavy atom. The summed E-state index contributed by atoms with van der Waals surface area (Å²) in [6, 6.07) is 12.3. The van der Waals surface area contributed by atoms with Crippen LogP contribution in [0, 0.1) is 5.82 Å². The van der Waals surface area contributed by atoms with Gasteiger partial charge in [0.25, 0.3) is 0 Å². The standard InChI is InChI=1S/C16H16FNO2/c17-13-4-2-12(3-5-13)11-18-14-6-7-15-16(10-14)20-9-1-8-19-15/h2-7,10,18H,1,8-9,11H2. The van der Waals surface area contributed by atoms with Crippen LogP contribution in [-0.4, -0.2) is 13.2 Å². The largest absolute Gasteiger partial charge is 0.490 e. The quantitative estimate of drug-likeness (QED) is 0.927. The number of benzene rings is 2. The molecule has 104 valence electrons. The Bertz CT molecular complexity index is 584. The van der Waals surface area contributed by atoms with E-state index in [0.717, 1.165) is 29.2 Å². The molecule has 1 aliphatic heterocycles. The van der Waals surface area contributed by atoms with Crippen LogP contribution >= 0.6 is 0 Å². The van der Waals surface area contributed by atoms with E-state index in [-0.39, 0.29) is 5.82 Å². The molecule has 3 nitrogen and oxygen atoms in total. The Labute approximate surface area is 117 Å². The molecule has 1 N–H and O–H groups in total. The second-order valence-corrected chi connectivity index (χ2v) is 4.69. The summed E-state index contributed by atoms with van der Waals surface area (Å²) in [7, 11) is 0. The lowest BCUT2D eigenvalue weighted by Gasteiger charge is -2.11. The number of halogens is 1. The van der Waals surface area contributed by atoms with Gasteiger partial charge < -0.3 is 14.8 Å². The fourth-order valence-electron chi connectivity index (χ4n) is 2.08. The number of fused-ring (bicyclic) bond motifs is 1. The predicted molar refractivity (Wildman–Crippen MR) is 75.8 cm³/mol. The van der Waals surface area contributed by atoms with E-state index in [4.69, 9.17) is 9.47 Å². The second-order valence-electron chi connectivity index (χ2n) is 4.69. The fourth-order valence-corrected chi connectivity index (χ4v) is 2.08. The summed E-state index contributed by atoms with van der Waals surface area (Å²) in [5, 5.41) is 3.29. The molecule has 0 amide bonds. The van der Waals surface area contributed by atoms with Gasteiger partial charge >= 0.3 is 0 Å². The third-order valence-electron chi connectivity index (χ3n) is 3.16. The van der Waals surface area contributed by atoms with E-state index >= 15 is 0 Å². The minimum absolute atomic E-state index is 0.218. The maximum absolute atomic E-state index is 12.8. The van der Waals surface area contributed by atoms with Crippen LogP contribution in [0.5, 0.6) is 11.5 Å². The van der Waals surface area contributed by atoms with Gasteiger partial charge in [-0.05, 0) is 29.8 Å². The average Bonchev–Trinajstić information content (AvgIpc) is 2.71. The lowest BCUT2D eigenvalue weighted by atomic mass is 10.2. The van der Waals surface area contributed by atoms with Gasteiger partial charge in [-0.25, -0.2) is 4.39 Å². The van der Waals surface area contributed by atoms with E-state index in [9.17, 15) is 4.39 Å². The number of rotatable bonds is 3. The topological polar surface area (TPSA) is 30.5 Å². The molecule has 2 aromatic rings. The van der Waals surface area contributed by atoms with E-state index in [1.165, 1.54) is 12.1 Å². The summed E-state index contributed by atoms with van der Waals surface area (Å²) in [5.74, 6) is 1.34. The van der Waals surface area contributed by atoms with Gasteiger partial charge in [0.1, 0.15) is 5.82 Å². The molecule has 0 saturated heterocycles. The third-order valence-corrected chi connectivity index (χ3v) is 3.16. The zero-order valence-electron chi connectivity index (χ0n) is 11.1. The minimum atomic E-state index is -0.218. The van der Waals surface area contributed by atoms with Crippen molar-refractivity contribution in [2.75, 3.05) is 18.5 Å². The van der Waals surface area contributed by atoms with Crippen LogP contribution in [0.2, 0.25) is 0 Å². The molecule has 0 fully saturated rings. The van der Waals surface area contributed by atoms with Crippen molar-refractivity contribution in [1.29, 1.82) is 0 Å². The van der Waals surface area contributed by atoms with E-state index in [1.54, 1.807) is 12.1 Å². The molecule has 0 aromatic heterocycles. The van der Waals surface area contributed by atoms with Crippen molar-refractivity contribution < 1.29 is 13.9 Å². The van der Waals surface area contributed by atoms with Crippen molar-refractivity contribution >= 4 is 5.69 Å². The highest BCUT2D eigenvalue weighted by Gasteiger charge is 2.10. The summed E-state index contributed by atoms with van der Waals surface area (Å²) < 4.78 is 24.1. The number of nitrogens with one attached hydrogen (secondary N) is 1. The predicted octanol–water partition coefficient (Wildman–Crippen LogP) is 3.60. The maximum atomic E-state index is 12.8. The number of hydrogen-bond acceptors (Lipinski definition) is 3. The van der Waals surface area contributed by atoms with Crippen LogP contribution in [0.25, 0.3) is 0 Å². The Morgan fingerprint density at radius 3 is 2.50 bits per heavy atom. The summed E-state index contributed by atoms with van der Waals surface area (Å²) in [5.41, 5.74) is 1.98. The van der Waals surface area contributed by atoms with Crippen molar-refractivity contribution in [2.24, 2.45) is 0 Å². The van der Waals surface area contributed by atoms with Gasteiger partial charge in [0.05, 0.1) is 13.2 Å². The maximum Gasteiger partial charge on any atom is 0.163 e. The van der Waals surface area contributed by atoms with Gasteiger partial charge in [-0.2, -0.15) is 0 Å². The Kier molecular flexibility index (Phi) is 3.72. The van der Waals surface area contributed by atoms with Crippen LogP contribution in [0.1, 0.15) is 12.0 Å². The number of ether oxygens (including phenoxy) is 2. The van der Waals surface area contributed by atoms with E-state index in [1.807, 2.05) is 18.2 Å². The average molecular weight is 273 g/mol. The van der Waals surface area contributed by atoms with Crippen molar-refractivity contribution in [3.63, 3.8) is 0 Å². The second kappa shape index (κ2) is 5.82. The first-order valence-corrected chi connectivity index (χ1v) is 6.69. The first kappa shape index (κ1) is 12.8. The Hall–Kier alpha value is -2.23. The lowest BCUT2D eigenvalue weighted by molar-refractivity contribution is 0.297. The highest BCUT2D eigenvalue weighted by Crippen LogP contribution is 2.32. The van der Waals surface area contributed by atoms with Gasteiger partial charge in [-0.1, -0.05) is 12.1 Å². The van der Waals surface area contributed by atoms with Gasteiger partial charge in [0.2, 0.25) is 0 Å². The molecule has 0 atom stereocenters. The molecule has 2 aromatic carbocycles. The Balaban J connectivity index is 1.68. The summed E-state index contributed by atoms with van der Waals surface area (Å²) >= 11 is 0. The zero-order chi connectivity index (χ0) is 13.8. The summed E-state index contributed by atoms with van der Waals surface area (Å²) in [6.07, 6.45) is 0.896. The molecule has 1 heterocycles. The Morgan fingerprint density at radius 1 is 0.950 bits per heavy atom.